The summed E-state index contributed by atoms with van der Waals surface area (Å²) in [5.41, 5.74) is 1.30. The van der Waals surface area contributed by atoms with Gasteiger partial charge in [-0.05, 0) is 95.1 Å². The monoisotopic (exact) mass is 720 g/mol. The zero-order chi connectivity index (χ0) is 37.3. The van der Waals surface area contributed by atoms with Crippen LogP contribution in [0, 0.1) is 17.6 Å². The van der Waals surface area contributed by atoms with Crippen LogP contribution in [0.4, 0.5) is 8.78 Å². The zero-order valence-corrected chi connectivity index (χ0v) is 30.8. The number of piperidine rings is 1. The first-order chi connectivity index (χ1) is 25.2. The van der Waals surface area contributed by atoms with Gasteiger partial charge in [0.25, 0.3) is 5.91 Å². The van der Waals surface area contributed by atoms with E-state index in [1.807, 2.05) is 42.7 Å². The van der Waals surface area contributed by atoms with E-state index in [1.165, 1.54) is 27.4 Å². The molecule has 52 heavy (non-hydrogen) atoms. The number of rotatable bonds is 16. The number of nitrogens with zero attached hydrogens (tertiary/aromatic N) is 4. The van der Waals surface area contributed by atoms with Gasteiger partial charge in [0, 0.05) is 43.1 Å². The maximum atomic E-state index is 14.7. The fraction of sp³-hybridized carbons (Fsp3) is 0.475. The van der Waals surface area contributed by atoms with Crippen molar-refractivity contribution in [2.24, 2.45) is 5.92 Å². The summed E-state index contributed by atoms with van der Waals surface area (Å²) in [5, 5.41) is 0. The first-order valence-electron chi connectivity index (χ1n) is 17.9. The quantitative estimate of drug-likeness (QED) is 0.0931. The molecule has 1 unspecified atom stereocenters. The Balaban J connectivity index is 1.29. The van der Waals surface area contributed by atoms with Crippen LogP contribution in [0.2, 0.25) is 0 Å². The van der Waals surface area contributed by atoms with Crippen LogP contribution >= 0.6 is 0 Å². The molecule has 0 radical (unpaired) electrons. The molecule has 2 aliphatic rings. The van der Waals surface area contributed by atoms with Crippen LogP contribution in [-0.4, -0.2) is 98.3 Å². The molecule has 10 nitrogen and oxygen atoms in total. The fourth-order valence-corrected chi connectivity index (χ4v) is 7.34. The summed E-state index contributed by atoms with van der Waals surface area (Å²) in [7, 11) is 4.49. The van der Waals surface area contributed by atoms with Crippen LogP contribution in [0.25, 0.3) is 6.08 Å². The van der Waals surface area contributed by atoms with E-state index in [0.717, 1.165) is 11.8 Å². The van der Waals surface area contributed by atoms with Crippen molar-refractivity contribution in [2.45, 2.75) is 51.5 Å². The number of Topliss-reactive ketones (excluding diaryl/α,β-unsaturated/α-hetero) is 1. The number of amides is 1. The molecule has 5 rings (SSSR count). The number of benzene rings is 2. The highest BCUT2D eigenvalue weighted by atomic mass is 19.2. The minimum atomic E-state index is -0.911. The van der Waals surface area contributed by atoms with Crippen LogP contribution < -0.4 is 14.2 Å². The topological polar surface area (TPSA) is 95.4 Å². The van der Waals surface area contributed by atoms with Crippen LogP contribution in [0.3, 0.4) is 0 Å². The molecular formula is C40H50F2N4O6. The van der Waals surface area contributed by atoms with Crippen molar-refractivity contribution in [3.63, 3.8) is 0 Å². The molecule has 3 aromatic rings. The number of imidazole rings is 1. The summed E-state index contributed by atoms with van der Waals surface area (Å²) in [4.78, 5) is 36.3. The number of hydrogen-bond donors (Lipinski definition) is 0. The third-order valence-corrected chi connectivity index (χ3v) is 10.3. The second-order valence-electron chi connectivity index (χ2n) is 13.3. The van der Waals surface area contributed by atoms with Crippen molar-refractivity contribution in [1.82, 2.24) is 19.4 Å². The molecule has 0 saturated carbocycles. The molecule has 0 aliphatic carbocycles. The third-order valence-electron chi connectivity index (χ3n) is 10.3. The molecule has 2 saturated heterocycles. The maximum absolute atomic E-state index is 14.7. The van der Waals surface area contributed by atoms with Gasteiger partial charge in [0.2, 0.25) is 11.5 Å². The molecule has 2 aromatic carbocycles. The summed E-state index contributed by atoms with van der Waals surface area (Å²) in [6, 6.07) is 7.31. The Morgan fingerprint density at radius 3 is 2.33 bits per heavy atom. The van der Waals surface area contributed by atoms with Gasteiger partial charge in [0.05, 0.1) is 39.8 Å². The smallest absolute Gasteiger partial charge is 0.254 e. The molecule has 0 spiro atoms. The van der Waals surface area contributed by atoms with Gasteiger partial charge in [-0.3, -0.25) is 9.59 Å². The summed E-state index contributed by atoms with van der Waals surface area (Å²) in [5.74, 6) is -0.574. The SMILES string of the molecule is C/C=C\C=C/c1cnc(C(=O)C2CCN(CCC3(c4ccc(F)c(F)c4)CCN(C(=O)c4cc(OC)c(OC)c(OC)c4)C3)CC2)n1CCOCC. The van der Waals surface area contributed by atoms with Gasteiger partial charge < -0.3 is 33.3 Å². The number of hydrogen-bond acceptors (Lipinski definition) is 8. The fourth-order valence-electron chi connectivity index (χ4n) is 7.34. The third kappa shape index (κ3) is 8.56. The number of likely N-dealkylation sites (tertiary alicyclic amines) is 2. The number of ketones is 1. The maximum Gasteiger partial charge on any atom is 0.254 e. The van der Waals surface area contributed by atoms with Crippen molar-refractivity contribution in [2.75, 3.05) is 67.3 Å². The van der Waals surface area contributed by atoms with Crippen molar-refractivity contribution in [3.05, 3.63) is 89.0 Å². The number of aromatic nitrogens is 2. The van der Waals surface area contributed by atoms with Gasteiger partial charge >= 0.3 is 0 Å². The van der Waals surface area contributed by atoms with E-state index in [2.05, 4.69) is 9.88 Å². The van der Waals surface area contributed by atoms with E-state index < -0.39 is 17.0 Å². The molecule has 1 atom stereocenters. The number of halogens is 2. The second kappa shape index (κ2) is 17.8. The Bertz CT molecular complexity index is 1740. The average Bonchev–Trinajstić information content (AvgIpc) is 3.79. The Hall–Kier alpha value is -4.55. The summed E-state index contributed by atoms with van der Waals surface area (Å²) in [6.07, 6.45) is 12.1. The normalized spacial score (nSPS) is 18.5. The number of carbonyl (C=O) groups is 2. The van der Waals surface area contributed by atoms with E-state index in [0.29, 0.717) is 112 Å². The van der Waals surface area contributed by atoms with E-state index in [4.69, 9.17) is 18.9 Å². The number of carbonyl (C=O) groups excluding carboxylic acids is 2. The van der Waals surface area contributed by atoms with Crippen LogP contribution in [0.5, 0.6) is 17.2 Å². The van der Waals surface area contributed by atoms with Gasteiger partial charge in [-0.2, -0.15) is 0 Å². The molecule has 1 aromatic heterocycles. The van der Waals surface area contributed by atoms with E-state index in [1.54, 1.807) is 29.3 Å². The second-order valence-corrected chi connectivity index (χ2v) is 13.3. The standard InChI is InChI=1S/C40H50F2N4O6/c1-6-8-9-10-31-26-43-38(46(31)21-22-52-7-2)36(47)28-13-17-44(18-14-28)19-15-40(30-11-12-32(41)33(42)25-30)16-20-45(27-40)39(48)29-23-34(49-3)37(51-5)35(24-29)50-4/h6,8-12,23-26,28H,7,13-22,27H2,1-5H3/b8-6-,10-9-. The van der Waals surface area contributed by atoms with E-state index in [-0.39, 0.29) is 17.6 Å². The minimum absolute atomic E-state index is 0.0387. The predicted molar refractivity (Wildman–Crippen MR) is 195 cm³/mol. The van der Waals surface area contributed by atoms with Crippen LogP contribution in [0.1, 0.15) is 71.8 Å². The Morgan fingerprint density at radius 1 is 0.962 bits per heavy atom. The molecule has 280 valence electrons. The molecule has 12 heteroatoms. The highest BCUT2D eigenvalue weighted by Gasteiger charge is 2.42. The lowest BCUT2D eigenvalue weighted by Gasteiger charge is -2.36. The molecule has 1 amide bonds. The van der Waals surface area contributed by atoms with Crippen molar-refractivity contribution in [1.29, 1.82) is 0 Å². The summed E-state index contributed by atoms with van der Waals surface area (Å²) < 4.78 is 52.6. The van der Waals surface area contributed by atoms with Gasteiger partial charge in [-0.15, -0.1) is 0 Å². The lowest BCUT2D eigenvalue weighted by atomic mass is 9.76. The highest BCUT2D eigenvalue weighted by molar-refractivity contribution is 5.96. The molecule has 2 fully saturated rings. The van der Waals surface area contributed by atoms with Crippen molar-refractivity contribution in [3.8, 4) is 17.2 Å². The largest absolute Gasteiger partial charge is 0.493 e. The summed E-state index contributed by atoms with van der Waals surface area (Å²) in [6.45, 7) is 8.39. The molecule has 3 heterocycles. The predicted octanol–water partition coefficient (Wildman–Crippen LogP) is 6.58. The average molecular weight is 721 g/mol. The van der Waals surface area contributed by atoms with Gasteiger partial charge in [-0.1, -0.05) is 24.3 Å². The lowest BCUT2D eigenvalue weighted by Crippen LogP contribution is -2.41. The lowest BCUT2D eigenvalue weighted by molar-refractivity contribution is 0.0777. The van der Waals surface area contributed by atoms with Crippen molar-refractivity contribution < 1.29 is 37.3 Å². The first-order valence-corrected chi connectivity index (χ1v) is 17.9. The molecular weight excluding hydrogens is 670 g/mol. The van der Waals surface area contributed by atoms with Crippen LogP contribution in [0.15, 0.2) is 54.8 Å². The molecule has 0 N–H and O–H groups in total. The number of ether oxygens (including phenoxy) is 4. The number of methoxy groups -OCH3 is 3. The van der Waals surface area contributed by atoms with E-state index >= 15 is 0 Å². The van der Waals surface area contributed by atoms with Crippen LogP contribution in [-0.2, 0) is 16.7 Å². The number of allylic oxidation sites excluding steroid dienone is 3. The van der Waals surface area contributed by atoms with E-state index in [9.17, 15) is 18.4 Å². The highest BCUT2D eigenvalue weighted by Crippen LogP contribution is 2.42. The minimum Gasteiger partial charge on any atom is -0.493 e. The van der Waals surface area contributed by atoms with Gasteiger partial charge in [0.1, 0.15) is 0 Å². The molecule has 2 aliphatic heterocycles. The Labute approximate surface area is 305 Å². The van der Waals surface area contributed by atoms with Crippen molar-refractivity contribution >= 4 is 17.8 Å². The van der Waals surface area contributed by atoms with Gasteiger partial charge in [-0.25, -0.2) is 13.8 Å². The first kappa shape index (κ1) is 38.7. The molecule has 0 bridgehead atoms. The Morgan fingerprint density at radius 2 is 1.69 bits per heavy atom. The van der Waals surface area contributed by atoms with Gasteiger partial charge in [0.15, 0.2) is 29.0 Å². The Kier molecular flexibility index (Phi) is 13.2. The summed E-state index contributed by atoms with van der Waals surface area (Å²) >= 11 is 0. The zero-order valence-electron chi connectivity index (χ0n) is 30.8.